The number of aromatic nitrogens is 3. The number of nitrogens with zero attached hydrogens (tertiary/aromatic N) is 3. The second kappa shape index (κ2) is 6.99. The van der Waals surface area contributed by atoms with Crippen molar-refractivity contribution in [2.24, 2.45) is 11.7 Å². The smallest absolute Gasteiger partial charge is 0.227 e. The number of benzene rings is 1. The molecule has 0 bridgehead atoms. The number of aryl methyl sites for hydroxylation is 1. The van der Waals surface area contributed by atoms with E-state index in [9.17, 15) is 4.79 Å². The van der Waals surface area contributed by atoms with Crippen molar-refractivity contribution in [2.45, 2.75) is 19.9 Å². The summed E-state index contributed by atoms with van der Waals surface area (Å²) in [5.74, 6) is 1.14. The van der Waals surface area contributed by atoms with Crippen LogP contribution in [0.25, 0.3) is 0 Å². The number of amides is 1. The van der Waals surface area contributed by atoms with Gasteiger partial charge in [0.25, 0.3) is 0 Å². The van der Waals surface area contributed by atoms with Gasteiger partial charge in [-0.1, -0.05) is 30.3 Å². The van der Waals surface area contributed by atoms with Gasteiger partial charge in [0.2, 0.25) is 5.91 Å². The Morgan fingerprint density at radius 3 is 2.67 bits per heavy atom. The standard InChI is InChI=1S/C15H21N5O/c1-11-17-14(19-18-11)10-20(2)15(21)13(9-16)8-12-6-4-3-5-7-12/h3-7,13H,8-10,16H2,1-2H3,(H,17,18,19). The Morgan fingerprint density at radius 2 is 2.10 bits per heavy atom. The topological polar surface area (TPSA) is 87.9 Å². The van der Waals surface area contributed by atoms with Crippen molar-refractivity contribution < 1.29 is 4.79 Å². The molecule has 1 heterocycles. The predicted molar refractivity (Wildman–Crippen MR) is 80.3 cm³/mol. The largest absolute Gasteiger partial charge is 0.338 e. The van der Waals surface area contributed by atoms with Crippen molar-refractivity contribution >= 4 is 5.91 Å². The highest BCUT2D eigenvalue weighted by Crippen LogP contribution is 2.11. The molecule has 112 valence electrons. The first-order valence-electron chi connectivity index (χ1n) is 6.97. The molecule has 1 amide bonds. The molecule has 0 aliphatic heterocycles. The van der Waals surface area contributed by atoms with E-state index in [1.54, 1.807) is 11.9 Å². The maximum absolute atomic E-state index is 12.5. The average molecular weight is 287 g/mol. The summed E-state index contributed by atoms with van der Waals surface area (Å²) in [4.78, 5) is 18.3. The number of rotatable bonds is 6. The van der Waals surface area contributed by atoms with Gasteiger partial charge in [-0.2, -0.15) is 5.10 Å². The van der Waals surface area contributed by atoms with Crippen LogP contribution in [-0.2, 0) is 17.8 Å². The summed E-state index contributed by atoms with van der Waals surface area (Å²) in [7, 11) is 1.75. The zero-order valence-electron chi connectivity index (χ0n) is 12.4. The Labute approximate surface area is 124 Å². The van der Waals surface area contributed by atoms with Gasteiger partial charge < -0.3 is 10.6 Å². The van der Waals surface area contributed by atoms with Gasteiger partial charge in [0.15, 0.2) is 5.82 Å². The summed E-state index contributed by atoms with van der Waals surface area (Å²) >= 11 is 0. The van der Waals surface area contributed by atoms with Crippen LogP contribution in [0.3, 0.4) is 0 Å². The van der Waals surface area contributed by atoms with E-state index in [1.807, 2.05) is 37.3 Å². The second-order valence-electron chi connectivity index (χ2n) is 5.15. The number of hydrogen-bond donors (Lipinski definition) is 2. The van der Waals surface area contributed by atoms with Crippen LogP contribution in [0.5, 0.6) is 0 Å². The highest BCUT2D eigenvalue weighted by Gasteiger charge is 2.22. The van der Waals surface area contributed by atoms with Gasteiger partial charge in [-0.25, -0.2) is 4.98 Å². The van der Waals surface area contributed by atoms with E-state index in [-0.39, 0.29) is 11.8 Å². The van der Waals surface area contributed by atoms with Crippen LogP contribution in [-0.4, -0.2) is 39.6 Å². The van der Waals surface area contributed by atoms with E-state index < -0.39 is 0 Å². The molecule has 6 nitrogen and oxygen atoms in total. The molecule has 1 aromatic carbocycles. The minimum Gasteiger partial charge on any atom is -0.338 e. The molecule has 0 aliphatic carbocycles. The van der Waals surface area contributed by atoms with E-state index >= 15 is 0 Å². The summed E-state index contributed by atoms with van der Waals surface area (Å²) in [6.45, 7) is 2.54. The number of hydrogen-bond acceptors (Lipinski definition) is 4. The monoisotopic (exact) mass is 287 g/mol. The molecular weight excluding hydrogens is 266 g/mol. The first-order chi connectivity index (χ1) is 10.1. The van der Waals surface area contributed by atoms with Crippen molar-refractivity contribution in [3.8, 4) is 0 Å². The number of aromatic amines is 1. The summed E-state index contributed by atoms with van der Waals surface area (Å²) in [6, 6.07) is 9.91. The van der Waals surface area contributed by atoms with Crippen molar-refractivity contribution in [1.82, 2.24) is 20.1 Å². The maximum Gasteiger partial charge on any atom is 0.227 e. The zero-order chi connectivity index (χ0) is 15.2. The van der Waals surface area contributed by atoms with Crippen LogP contribution in [0, 0.1) is 12.8 Å². The Morgan fingerprint density at radius 1 is 1.38 bits per heavy atom. The Bertz CT molecular complexity index is 581. The fraction of sp³-hybridized carbons (Fsp3) is 0.400. The van der Waals surface area contributed by atoms with E-state index in [0.717, 1.165) is 11.4 Å². The minimum absolute atomic E-state index is 0.0174. The highest BCUT2D eigenvalue weighted by molar-refractivity contribution is 5.79. The maximum atomic E-state index is 12.5. The molecule has 3 N–H and O–H groups in total. The predicted octanol–water partition coefficient (Wildman–Crippen LogP) is 0.889. The fourth-order valence-electron chi connectivity index (χ4n) is 2.23. The molecule has 0 aliphatic rings. The van der Waals surface area contributed by atoms with Crippen LogP contribution in [0.15, 0.2) is 30.3 Å². The van der Waals surface area contributed by atoms with Crippen LogP contribution < -0.4 is 5.73 Å². The number of nitrogens with one attached hydrogen (secondary N) is 1. The lowest BCUT2D eigenvalue weighted by Gasteiger charge is -2.22. The molecule has 2 rings (SSSR count). The normalized spacial score (nSPS) is 12.1. The summed E-state index contributed by atoms with van der Waals surface area (Å²) in [5, 5.41) is 6.82. The first kappa shape index (κ1) is 15.2. The van der Waals surface area contributed by atoms with Crippen LogP contribution in [0.2, 0.25) is 0 Å². The third-order valence-electron chi connectivity index (χ3n) is 3.36. The van der Waals surface area contributed by atoms with E-state index in [0.29, 0.717) is 25.3 Å². The minimum atomic E-state index is -0.225. The molecule has 0 spiro atoms. The molecule has 1 atom stereocenters. The molecule has 1 aromatic heterocycles. The lowest BCUT2D eigenvalue weighted by molar-refractivity contribution is -0.134. The van der Waals surface area contributed by atoms with Crippen LogP contribution >= 0.6 is 0 Å². The first-order valence-corrected chi connectivity index (χ1v) is 6.97. The molecule has 21 heavy (non-hydrogen) atoms. The molecule has 0 saturated carbocycles. The lowest BCUT2D eigenvalue weighted by atomic mass is 9.98. The van der Waals surface area contributed by atoms with Gasteiger partial charge in [0.1, 0.15) is 5.82 Å². The number of H-pyrrole nitrogens is 1. The summed E-state index contributed by atoms with van der Waals surface area (Å²) in [5.41, 5.74) is 6.89. The Balaban J connectivity index is 1.98. The van der Waals surface area contributed by atoms with Crippen LogP contribution in [0.1, 0.15) is 17.2 Å². The lowest BCUT2D eigenvalue weighted by Crippen LogP contribution is -2.37. The van der Waals surface area contributed by atoms with Gasteiger partial charge in [-0.3, -0.25) is 9.89 Å². The second-order valence-corrected chi connectivity index (χ2v) is 5.15. The molecule has 6 heteroatoms. The molecule has 0 saturated heterocycles. The molecule has 2 aromatic rings. The highest BCUT2D eigenvalue weighted by atomic mass is 16.2. The molecule has 1 unspecified atom stereocenters. The third kappa shape index (κ3) is 4.13. The quantitative estimate of drug-likeness (QED) is 0.826. The molecular formula is C15H21N5O. The van der Waals surface area contributed by atoms with E-state index in [4.69, 9.17) is 5.73 Å². The number of carbonyl (C=O) groups is 1. The summed E-state index contributed by atoms with van der Waals surface area (Å²) in [6.07, 6.45) is 0.646. The van der Waals surface area contributed by atoms with Crippen molar-refractivity contribution in [3.05, 3.63) is 47.5 Å². The number of carbonyl (C=O) groups excluding carboxylic acids is 1. The van der Waals surface area contributed by atoms with Crippen molar-refractivity contribution in [1.29, 1.82) is 0 Å². The van der Waals surface area contributed by atoms with Gasteiger partial charge >= 0.3 is 0 Å². The van der Waals surface area contributed by atoms with Crippen molar-refractivity contribution in [2.75, 3.05) is 13.6 Å². The molecule has 0 fully saturated rings. The van der Waals surface area contributed by atoms with Crippen LogP contribution in [0.4, 0.5) is 0 Å². The van der Waals surface area contributed by atoms with Gasteiger partial charge in [0, 0.05) is 13.6 Å². The van der Waals surface area contributed by atoms with E-state index in [2.05, 4.69) is 15.2 Å². The Kier molecular flexibility index (Phi) is 5.05. The van der Waals surface area contributed by atoms with Gasteiger partial charge in [0.05, 0.1) is 12.5 Å². The third-order valence-corrected chi connectivity index (χ3v) is 3.36. The van der Waals surface area contributed by atoms with Gasteiger partial charge in [-0.15, -0.1) is 0 Å². The summed E-state index contributed by atoms with van der Waals surface area (Å²) < 4.78 is 0. The molecule has 0 radical (unpaired) electrons. The average Bonchev–Trinajstić information content (AvgIpc) is 2.90. The van der Waals surface area contributed by atoms with Gasteiger partial charge in [-0.05, 0) is 18.9 Å². The van der Waals surface area contributed by atoms with Crippen molar-refractivity contribution in [3.63, 3.8) is 0 Å². The SMILES string of the molecule is Cc1nc(CN(C)C(=O)C(CN)Cc2ccccc2)n[nH]1. The van der Waals surface area contributed by atoms with E-state index in [1.165, 1.54) is 0 Å². The Hall–Kier alpha value is -2.21. The zero-order valence-corrected chi connectivity index (χ0v) is 12.4. The number of nitrogens with two attached hydrogens (primary N) is 1. The fourth-order valence-corrected chi connectivity index (χ4v) is 2.23.